The molecule has 1 rings (SSSR count). The number of hydrogen-bond donors (Lipinski definition) is 2. The fourth-order valence-corrected chi connectivity index (χ4v) is 1.23. The monoisotopic (exact) mass is 166 g/mol. The Bertz CT molecular complexity index is 267. The molecule has 0 spiro atoms. The third-order valence-electron chi connectivity index (χ3n) is 2.00. The van der Waals surface area contributed by atoms with E-state index in [1.807, 2.05) is 13.8 Å². The summed E-state index contributed by atoms with van der Waals surface area (Å²) in [5.41, 5.74) is 2.47. The van der Waals surface area contributed by atoms with Crippen LogP contribution in [-0.4, -0.2) is 10.2 Å². The SMILES string of the molecule is Cc1cc([C@@H](C)O)cc(C)c1O. The number of aliphatic hydroxyl groups is 1. The fourth-order valence-electron chi connectivity index (χ4n) is 1.23. The molecule has 2 nitrogen and oxygen atoms in total. The summed E-state index contributed by atoms with van der Waals surface area (Å²) in [6.45, 7) is 5.37. The van der Waals surface area contributed by atoms with Gasteiger partial charge < -0.3 is 10.2 Å². The maximum Gasteiger partial charge on any atom is 0.121 e. The van der Waals surface area contributed by atoms with Crippen LogP contribution < -0.4 is 0 Å². The summed E-state index contributed by atoms with van der Waals surface area (Å²) in [5.74, 6) is 0.319. The van der Waals surface area contributed by atoms with Crippen molar-refractivity contribution in [2.75, 3.05) is 0 Å². The Balaban J connectivity index is 3.21. The molecule has 0 bridgehead atoms. The zero-order valence-corrected chi connectivity index (χ0v) is 7.63. The van der Waals surface area contributed by atoms with Crippen molar-refractivity contribution < 1.29 is 10.2 Å². The van der Waals surface area contributed by atoms with E-state index in [0.29, 0.717) is 5.75 Å². The lowest BCUT2D eigenvalue weighted by Gasteiger charge is -2.09. The van der Waals surface area contributed by atoms with E-state index in [1.165, 1.54) is 0 Å². The van der Waals surface area contributed by atoms with Crippen LogP contribution in [0.15, 0.2) is 12.1 Å². The highest BCUT2D eigenvalue weighted by Crippen LogP contribution is 2.25. The van der Waals surface area contributed by atoms with Gasteiger partial charge in [0.05, 0.1) is 6.10 Å². The number of hydrogen-bond acceptors (Lipinski definition) is 2. The Morgan fingerprint density at radius 2 is 1.58 bits per heavy atom. The second-order valence-corrected chi connectivity index (χ2v) is 3.18. The Morgan fingerprint density at radius 3 is 1.92 bits per heavy atom. The molecule has 1 atom stereocenters. The fraction of sp³-hybridized carbons (Fsp3) is 0.400. The normalized spacial score (nSPS) is 13.0. The summed E-state index contributed by atoms with van der Waals surface area (Å²) in [4.78, 5) is 0. The van der Waals surface area contributed by atoms with Crippen LogP contribution in [0.2, 0.25) is 0 Å². The van der Waals surface area contributed by atoms with Crippen molar-refractivity contribution in [3.05, 3.63) is 28.8 Å². The smallest absolute Gasteiger partial charge is 0.121 e. The van der Waals surface area contributed by atoms with Gasteiger partial charge in [-0.3, -0.25) is 0 Å². The van der Waals surface area contributed by atoms with Crippen LogP contribution in [0, 0.1) is 13.8 Å². The third-order valence-corrected chi connectivity index (χ3v) is 2.00. The van der Waals surface area contributed by atoms with Crippen molar-refractivity contribution in [1.82, 2.24) is 0 Å². The van der Waals surface area contributed by atoms with Gasteiger partial charge in [0.15, 0.2) is 0 Å². The van der Waals surface area contributed by atoms with E-state index in [-0.39, 0.29) is 0 Å². The number of phenolic OH excluding ortho intramolecular Hbond substituents is 1. The largest absolute Gasteiger partial charge is 0.507 e. The highest BCUT2D eigenvalue weighted by atomic mass is 16.3. The standard InChI is InChI=1S/C10H14O2/c1-6-4-9(8(3)11)5-7(2)10(6)12/h4-5,8,11-12H,1-3H3/t8-/m1/s1. The van der Waals surface area contributed by atoms with Gasteiger partial charge in [-0.1, -0.05) is 0 Å². The second kappa shape index (κ2) is 3.15. The van der Waals surface area contributed by atoms with Crippen molar-refractivity contribution in [1.29, 1.82) is 0 Å². The Labute approximate surface area is 72.5 Å². The van der Waals surface area contributed by atoms with E-state index in [2.05, 4.69) is 0 Å². The first-order chi connectivity index (χ1) is 5.52. The summed E-state index contributed by atoms with van der Waals surface area (Å²) in [6.07, 6.45) is -0.469. The van der Waals surface area contributed by atoms with E-state index >= 15 is 0 Å². The average molecular weight is 166 g/mol. The number of aromatic hydroxyl groups is 1. The van der Waals surface area contributed by atoms with Gasteiger partial charge in [0, 0.05) is 0 Å². The molecule has 0 radical (unpaired) electrons. The molecule has 1 aromatic carbocycles. The minimum Gasteiger partial charge on any atom is -0.507 e. The Hall–Kier alpha value is -1.02. The molecule has 0 amide bonds. The highest BCUT2D eigenvalue weighted by molar-refractivity contribution is 5.42. The molecule has 0 aliphatic rings. The quantitative estimate of drug-likeness (QED) is 0.670. The predicted molar refractivity (Wildman–Crippen MR) is 48.2 cm³/mol. The van der Waals surface area contributed by atoms with Crippen molar-refractivity contribution in [3.8, 4) is 5.75 Å². The van der Waals surface area contributed by atoms with Crippen LogP contribution in [0.1, 0.15) is 29.7 Å². The average Bonchev–Trinajstić information content (AvgIpc) is 1.99. The van der Waals surface area contributed by atoms with Crippen LogP contribution in [0.3, 0.4) is 0 Å². The molecule has 66 valence electrons. The molecule has 2 heteroatoms. The number of aryl methyl sites for hydroxylation is 2. The molecule has 0 heterocycles. The zero-order valence-electron chi connectivity index (χ0n) is 7.63. The van der Waals surface area contributed by atoms with Crippen LogP contribution in [0.5, 0.6) is 5.75 Å². The maximum absolute atomic E-state index is 9.43. The van der Waals surface area contributed by atoms with Crippen molar-refractivity contribution >= 4 is 0 Å². The van der Waals surface area contributed by atoms with Gasteiger partial charge in [-0.15, -0.1) is 0 Å². The summed E-state index contributed by atoms with van der Waals surface area (Å²) in [6, 6.07) is 3.60. The lowest BCUT2D eigenvalue weighted by Crippen LogP contribution is -1.93. The molecule has 0 unspecified atom stereocenters. The van der Waals surface area contributed by atoms with Gasteiger partial charge in [-0.25, -0.2) is 0 Å². The number of phenols is 1. The van der Waals surface area contributed by atoms with Crippen molar-refractivity contribution in [2.45, 2.75) is 26.9 Å². The first kappa shape index (κ1) is 9.07. The van der Waals surface area contributed by atoms with Gasteiger partial charge in [-0.2, -0.15) is 0 Å². The van der Waals surface area contributed by atoms with Gasteiger partial charge in [0.25, 0.3) is 0 Å². The number of rotatable bonds is 1. The second-order valence-electron chi connectivity index (χ2n) is 3.18. The predicted octanol–water partition coefficient (Wildman–Crippen LogP) is 2.06. The lowest BCUT2D eigenvalue weighted by atomic mass is 10.0. The molecule has 0 fully saturated rings. The summed E-state index contributed by atoms with van der Waals surface area (Å²) in [5, 5.41) is 18.7. The minimum atomic E-state index is -0.469. The molecule has 0 saturated carbocycles. The molecular weight excluding hydrogens is 152 g/mol. The first-order valence-corrected chi connectivity index (χ1v) is 4.00. The van der Waals surface area contributed by atoms with Gasteiger partial charge in [0.2, 0.25) is 0 Å². The van der Waals surface area contributed by atoms with Gasteiger partial charge in [-0.05, 0) is 49.6 Å². The molecule has 0 saturated heterocycles. The summed E-state index contributed by atoms with van der Waals surface area (Å²) < 4.78 is 0. The van der Waals surface area contributed by atoms with E-state index in [0.717, 1.165) is 16.7 Å². The molecule has 2 N–H and O–H groups in total. The first-order valence-electron chi connectivity index (χ1n) is 4.00. The molecule has 1 aromatic rings. The van der Waals surface area contributed by atoms with E-state index < -0.39 is 6.10 Å². The van der Waals surface area contributed by atoms with E-state index in [1.54, 1.807) is 19.1 Å². The summed E-state index contributed by atoms with van der Waals surface area (Å²) >= 11 is 0. The maximum atomic E-state index is 9.43. The number of benzene rings is 1. The van der Waals surface area contributed by atoms with E-state index in [9.17, 15) is 10.2 Å². The topological polar surface area (TPSA) is 40.5 Å². The van der Waals surface area contributed by atoms with Crippen molar-refractivity contribution in [2.24, 2.45) is 0 Å². The van der Waals surface area contributed by atoms with Crippen LogP contribution in [0.4, 0.5) is 0 Å². The summed E-state index contributed by atoms with van der Waals surface area (Å²) in [7, 11) is 0. The van der Waals surface area contributed by atoms with Gasteiger partial charge >= 0.3 is 0 Å². The van der Waals surface area contributed by atoms with Crippen molar-refractivity contribution in [3.63, 3.8) is 0 Å². The van der Waals surface area contributed by atoms with Crippen LogP contribution in [-0.2, 0) is 0 Å². The van der Waals surface area contributed by atoms with Gasteiger partial charge in [0.1, 0.15) is 5.75 Å². The van der Waals surface area contributed by atoms with E-state index in [4.69, 9.17) is 0 Å². The Kier molecular flexibility index (Phi) is 2.38. The molecular formula is C10H14O2. The number of aliphatic hydroxyl groups excluding tert-OH is 1. The molecule has 12 heavy (non-hydrogen) atoms. The Morgan fingerprint density at radius 1 is 1.17 bits per heavy atom. The van der Waals surface area contributed by atoms with Crippen LogP contribution in [0.25, 0.3) is 0 Å². The zero-order chi connectivity index (χ0) is 9.30. The highest BCUT2D eigenvalue weighted by Gasteiger charge is 2.06. The molecule has 0 aliphatic carbocycles. The lowest BCUT2D eigenvalue weighted by molar-refractivity contribution is 0.199. The third kappa shape index (κ3) is 1.59. The minimum absolute atomic E-state index is 0.319. The molecule has 0 aliphatic heterocycles. The molecule has 0 aromatic heterocycles. The van der Waals surface area contributed by atoms with Crippen LogP contribution >= 0.6 is 0 Å².